The molecule has 0 aliphatic heterocycles. The largest absolute Gasteiger partial charge is 0.486 e. The number of rotatable bonds is 6. The van der Waals surface area contributed by atoms with Crippen LogP contribution in [0.3, 0.4) is 0 Å². The molecule has 0 spiro atoms. The molecule has 2 rings (SSSR count). The van der Waals surface area contributed by atoms with Gasteiger partial charge in [0.15, 0.2) is 11.6 Å². The number of hydrogen-bond acceptors (Lipinski definition) is 3. The Kier molecular flexibility index (Phi) is 5.50. The van der Waals surface area contributed by atoms with E-state index in [4.69, 9.17) is 4.74 Å². The maximum Gasteiger partial charge on any atom is 0.200 e. The lowest BCUT2D eigenvalue weighted by molar-refractivity contribution is 0.284. The third-order valence-electron chi connectivity index (χ3n) is 2.73. The van der Waals surface area contributed by atoms with Crippen molar-refractivity contribution in [1.29, 1.82) is 0 Å². The lowest BCUT2D eigenvalue weighted by Gasteiger charge is -2.09. The summed E-state index contributed by atoms with van der Waals surface area (Å²) in [7, 11) is 0. The first-order chi connectivity index (χ1) is 10.1. The van der Waals surface area contributed by atoms with Crippen molar-refractivity contribution in [2.75, 3.05) is 11.9 Å². The number of pyridine rings is 1. The molecule has 0 aliphatic carbocycles. The minimum absolute atomic E-state index is 0.119. The van der Waals surface area contributed by atoms with E-state index in [1.165, 1.54) is 6.07 Å². The van der Waals surface area contributed by atoms with Gasteiger partial charge in [-0.15, -0.1) is 0 Å². The first kappa shape index (κ1) is 15.7. The van der Waals surface area contributed by atoms with E-state index in [1.807, 2.05) is 12.1 Å². The van der Waals surface area contributed by atoms with Gasteiger partial charge in [-0.2, -0.15) is 4.39 Å². The van der Waals surface area contributed by atoms with Gasteiger partial charge in [0.2, 0.25) is 5.82 Å². The lowest BCUT2D eigenvalue weighted by Crippen LogP contribution is -2.03. The molecule has 0 atom stereocenters. The zero-order chi connectivity index (χ0) is 15.2. The van der Waals surface area contributed by atoms with E-state index in [0.29, 0.717) is 4.47 Å². The SMILES string of the molecule is CCCNc1ccc(COc2cc(Br)cc(F)c2F)cn1. The van der Waals surface area contributed by atoms with E-state index in [-0.39, 0.29) is 12.4 Å². The Morgan fingerprint density at radius 1 is 1.29 bits per heavy atom. The number of nitrogens with one attached hydrogen (secondary N) is 1. The Balaban J connectivity index is 2.00. The summed E-state index contributed by atoms with van der Waals surface area (Å²) in [6, 6.07) is 6.10. The number of hydrogen-bond donors (Lipinski definition) is 1. The Hall–Kier alpha value is -1.69. The third kappa shape index (κ3) is 4.39. The van der Waals surface area contributed by atoms with Crippen molar-refractivity contribution in [2.24, 2.45) is 0 Å². The van der Waals surface area contributed by atoms with Crippen molar-refractivity contribution in [2.45, 2.75) is 20.0 Å². The van der Waals surface area contributed by atoms with E-state index in [0.717, 1.165) is 30.4 Å². The van der Waals surface area contributed by atoms with Crippen LogP contribution in [0.15, 0.2) is 34.9 Å². The van der Waals surface area contributed by atoms with Crippen LogP contribution in [0.2, 0.25) is 0 Å². The van der Waals surface area contributed by atoms with Gasteiger partial charge in [0.1, 0.15) is 12.4 Å². The zero-order valence-corrected chi connectivity index (χ0v) is 13.1. The smallest absolute Gasteiger partial charge is 0.200 e. The number of aromatic nitrogens is 1. The standard InChI is InChI=1S/C15H15BrF2N2O/c1-2-5-19-14-4-3-10(8-20-14)9-21-13-7-11(16)6-12(17)15(13)18/h3-4,6-8H,2,5,9H2,1H3,(H,19,20). The topological polar surface area (TPSA) is 34.1 Å². The number of nitrogens with zero attached hydrogens (tertiary/aromatic N) is 1. The quantitative estimate of drug-likeness (QED) is 0.772. The molecule has 0 unspecified atom stereocenters. The van der Waals surface area contributed by atoms with Gasteiger partial charge in [0, 0.05) is 22.8 Å². The summed E-state index contributed by atoms with van der Waals surface area (Å²) in [5, 5.41) is 3.15. The van der Waals surface area contributed by atoms with Crippen LogP contribution in [0.1, 0.15) is 18.9 Å². The second-order valence-electron chi connectivity index (χ2n) is 4.47. The Morgan fingerprint density at radius 2 is 2.10 bits per heavy atom. The molecule has 0 saturated carbocycles. The van der Waals surface area contributed by atoms with Gasteiger partial charge in [-0.05, 0) is 24.6 Å². The van der Waals surface area contributed by atoms with Gasteiger partial charge in [0.25, 0.3) is 0 Å². The van der Waals surface area contributed by atoms with Crippen molar-refractivity contribution >= 4 is 21.7 Å². The summed E-state index contributed by atoms with van der Waals surface area (Å²) in [5.74, 6) is -1.29. The zero-order valence-electron chi connectivity index (χ0n) is 11.5. The van der Waals surface area contributed by atoms with Crippen molar-refractivity contribution in [3.63, 3.8) is 0 Å². The molecule has 1 N–H and O–H groups in total. The molecule has 0 radical (unpaired) electrons. The molecule has 6 heteroatoms. The predicted octanol–water partition coefficient (Wildman–Crippen LogP) is 4.52. The first-order valence-corrected chi connectivity index (χ1v) is 7.35. The highest BCUT2D eigenvalue weighted by Crippen LogP contribution is 2.26. The average Bonchev–Trinajstić information content (AvgIpc) is 2.48. The van der Waals surface area contributed by atoms with Gasteiger partial charge in [0.05, 0.1) is 0 Å². The van der Waals surface area contributed by atoms with Crippen LogP contribution in [0.4, 0.5) is 14.6 Å². The van der Waals surface area contributed by atoms with Gasteiger partial charge in [-0.25, -0.2) is 9.37 Å². The fourth-order valence-electron chi connectivity index (χ4n) is 1.67. The lowest BCUT2D eigenvalue weighted by atomic mass is 10.3. The van der Waals surface area contributed by atoms with Crippen molar-refractivity contribution < 1.29 is 13.5 Å². The number of benzene rings is 1. The molecule has 0 saturated heterocycles. The summed E-state index contributed by atoms with van der Waals surface area (Å²) >= 11 is 3.10. The van der Waals surface area contributed by atoms with Gasteiger partial charge >= 0.3 is 0 Å². The van der Waals surface area contributed by atoms with Crippen molar-refractivity contribution in [3.8, 4) is 5.75 Å². The van der Waals surface area contributed by atoms with E-state index in [1.54, 1.807) is 6.20 Å². The molecular formula is C15H15BrF2N2O. The van der Waals surface area contributed by atoms with Crippen LogP contribution in [0.5, 0.6) is 5.75 Å². The summed E-state index contributed by atoms with van der Waals surface area (Å²) in [4.78, 5) is 4.22. The monoisotopic (exact) mass is 356 g/mol. The normalized spacial score (nSPS) is 10.5. The molecule has 2 aromatic rings. The maximum absolute atomic E-state index is 13.5. The number of anilines is 1. The van der Waals surface area contributed by atoms with Gasteiger partial charge in [-0.3, -0.25) is 0 Å². The molecule has 0 bridgehead atoms. The van der Waals surface area contributed by atoms with Gasteiger partial charge < -0.3 is 10.1 Å². The molecule has 0 fully saturated rings. The molecule has 112 valence electrons. The summed E-state index contributed by atoms with van der Waals surface area (Å²) in [5.41, 5.74) is 0.775. The Morgan fingerprint density at radius 3 is 2.76 bits per heavy atom. The van der Waals surface area contributed by atoms with Crippen LogP contribution in [0.25, 0.3) is 0 Å². The fraction of sp³-hybridized carbons (Fsp3) is 0.267. The van der Waals surface area contributed by atoms with E-state index in [9.17, 15) is 8.78 Å². The molecule has 1 heterocycles. The van der Waals surface area contributed by atoms with Crippen LogP contribution in [0, 0.1) is 11.6 Å². The highest BCUT2D eigenvalue weighted by atomic mass is 79.9. The average molecular weight is 357 g/mol. The summed E-state index contributed by atoms with van der Waals surface area (Å²) < 4.78 is 32.5. The fourth-order valence-corrected chi connectivity index (χ4v) is 2.07. The summed E-state index contributed by atoms with van der Waals surface area (Å²) in [6.45, 7) is 3.04. The highest BCUT2D eigenvalue weighted by Gasteiger charge is 2.11. The van der Waals surface area contributed by atoms with Crippen LogP contribution in [-0.2, 0) is 6.61 Å². The number of halogens is 3. The highest BCUT2D eigenvalue weighted by molar-refractivity contribution is 9.10. The summed E-state index contributed by atoms with van der Waals surface area (Å²) in [6.07, 6.45) is 2.66. The van der Waals surface area contributed by atoms with Crippen LogP contribution in [-0.4, -0.2) is 11.5 Å². The van der Waals surface area contributed by atoms with Crippen molar-refractivity contribution in [1.82, 2.24) is 4.98 Å². The molecule has 1 aromatic carbocycles. The molecule has 0 aliphatic rings. The second kappa shape index (κ2) is 7.36. The second-order valence-corrected chi connectivity index (χ2v) is 5.38. The minimum atomic E-state index is -0.993. The first-order valence-electron chi connectivity index (χ1n) is 6.56. The Bertz CT molecular complexity index is 605. The maximum atomic E-state index is 13.5. The van der Waals surface area contributed by atoms with Crippen LogP contribution < -0.4 is 10.1 Å². The van der Waals surface area contributed by atoms with Crippen molar-refractivity contribution in [3.05, 3.63) is 52.1 Å². The number of ether oxygens (including phenoxy) is 1. The third-order valence-corrected chi connectivity index (χ3v) is 3.19. The molecule has 0 amide bonds. The Labute approximate surface area is 130 Å². The van der Waals surface area contributed by atoms with E-state index >= 15 is 0 Å². The van der Waals surface area contributed by atoms with E-state index in [2.05, 4.69) is 33.2 Å². The molecule has 3 nitrogen and oxygen atoms in total. The minimum Gasteiger partial charge on any atom is -0.486 e. The van der Waals surface area contributed by atoms with E-state index < -0.39 is 11.6 Å². The molecule has 21 heavy (non-hydrogen) atoms. The molecular weight excluding hydrogens is 342 g/mol. The predicted molar refractivity (Wildman–Crippen MR) is 81.4 cm³/mol. The van der Waals surface area contributed by atoms with Crippen LogP contribution >= 0.6 is 15.9 Å². The van der Waals surface area contributed by atoms with Gasteiger partial charge in [-0.1, -0.05) is 28.9 Å². The molecule has 1 aromatic heterocycles.